The third-order valence-corrected chi connectivity index (χ3v) is 3.19. The van der Waals surface area contributed by atoms with Gasteiger partial charge >= 0.3 is 0 Å². The van der Waals surface area contributed by atoms with Crippen molar-refractivity contribution in [1.29, 1.82) is 0 Å². The molecule has 0 aliphatic heterocycles. The molecule has 1 fully saturated rings. The first-order valence-corrected chi connectivity index (χ1v) is 6.49. The molecule has 0 aromatic carbocycles. The van der Waals surface area contributed by atoms with Crippen molar-refractivity contribution >= 4 is 0 Å². The monoisotopic (exact) mass is 196 g/mol. The van der Waals surface area contributed by atoms with Gasteiger partial charge in [0.15, 0.2) is 0 Å². The zero-order valence-corrected chi connectivity index (χ0v) is 10.4. The normalized spacial score (nSPS) is 26.2. The van der Waals surface area contributed by atoms with Crippen LogP contribution in [0.3, 0.4) is 0 Å². The smallest absolute Gasteiger partial charge is 0.0236 e. The summed E-state index contributed by atoms with van der Waals surface area (Å²) in [7, 11) is 0. The fraction of sp³-hybridized carbons (Fsp3) is 0.857. The van der Waals surface area contributed by atoms with E-state index in [-0.39, 0.29) is 0 Å². The highest BCUT2D eigenvalue weighted by Crippen LogP contribution is 2.32. The molecule has 0 amide bonds. The average molecular weight is 196 g/mol. The van der Waals surface area contributed by atoms with Gasteiger partial charge in [0.1, 0.15) is 0 Å². The molecule has 1 saturated carbocycles. The van der Waals surface area contributed by atoms with E-state index in [9.17, 15) is 0 Å². The molecular weight excluding hydrogens is 168 g/mol. The number of unbranched alkanes of at least 4 members (excludes halogenated alkanes) is 1. The highest BCUT2D eigenvalue weighted by atomic mass is 14.2. The summed E-state index contributed by atoms with van der Waals surface area (Å²) in [5.74, 6) is 1.88. The first kappa shape index (κ1) is 13.7. The molecule has 0 aromatic heterocycles. The van der Waals surface area contributed by atoms with Gasteiger partial charge in [-0.05, 0) is 37.5 Å². The molecule has 0 nitrogen and oxygen atoms in total. The van der Waals surface area contributed by atoms with Crippen LogP contribution in [-0.4, -0.2) is 0 Å². The van der Waals surface area contributed by atoms with E-state index in [4.69, 9.17) is 0 Å². The van der Waals surface area contributed by atoms with E-state index in [2.05, 4.69) is 19.6 Å². The number of allylic oxidation sites excluding steroid dienone is 1. The SMILES string of the molecule is C=CC1CCC(CCCC)CC1.CC. The Bertz CT molecular complexity index is 118. The van der Waals surface area contributed by atoms with Crippen molar-refractivity contribution in [1.82, 2.24) is 0 Å². The lowest BCUT2D eigenvalue weighted by molar-refractivity contribution is 0.291. The van der Waals surface area contributed by atoms with Crippen molar-refractivity contribution in [2.75, 3.05) is 0 Å². The van der Waals surface area contributed by atoms with E-state index in [0.717, 1.165) is 11.8 Å². The van der Waals surface area contributed by atoms with Crippen molar-refractivity contribution in [2.45, 2.75) is 65.7 Å². The molecule has 0 bridgehead atoms. The highest BCUT2D eigenvalue weighted by molar-refractivity contribution is 4.83. The molecule has 84 valence electrons. The van der Waals surface area contributed by atoms with E-state index in [1.165, 1.54) is 44.9 Å². The first-order valence-electron chi connectivity index (χ1n) is 6.49. The minimum Gasteiger partial charge on any atom is -0.103 e. The van der Waals surface area contributed by atoms with Crippen molar-refractivity contribution in [3.05, 3.63) is 12.7 Å². The van der Waals surface area contributed by atoms with Crippen LogP contribution in [-0.2, 0) is 0 Å². The maximum absolute atomic E-state index is 3.87. The van der Waals surface area contributed by atoms with Crippen molar-refractivity contribution in [3.63, 3.8) is 0 Å². The Balaban J connectivity index is 0.000000791. The third kappa shape index (κ3) is 5.47. The maximum Gasteiger partial charge on any atom is -0.0236 e. The van der Waals surface area contributed by atoms with Gasteiger partial charge in [0.2, 0.25) is 0 Å². The maximum atomic E-state index is 3.87. The number of hydrogen-bond acceptors (Lipinski definition) is 0. The van der Waals surface area contributed by atoms with E-state index >= 15 is 0 Å². The Morgan fingerprint density at radius 2 is 1.71 bits per heavy atom. The second kappa shape index (κ2) is 9.30. The van der Waals surface area contributed by atoms with Gasteiger partial charge in [-0.1, -0.05) is 46.1 Å². The standard InChI is InChI=1S/C12H22.C2H6/c1-3-5-6-12-9-7-11(4-2)8-10-12;1-2/h4,11-12H,2-3,5-10H2,1H3;1-2H3. The van der Waals surface area contributed by atoms with Gasteiger partial charge < -0.3 is 0 Å². The average Bonchev–Trinajstić information content (AvgIpc) is 2.30. The molecule has 0 N–H and O–H groups in total. The molecular formula is C14H28. The Labute approximate surface area is 90.8 Å². The van der Waals surface area contributed by atoms with Crippen LogP contribution in [0.15, 0.2) is 12.7 Å². The third-order valence-electron chi connectivity index (χ3n) is 3.19. The second-order valence-electron chi connectivity index (χ2n) is 4.16. The molecule has 0 heterocycles. The summed E-state index contributed by atoms with van der Waals surface area (Å²) in [4.78, 5) is 0. The van der Waals surface area contributed by atoms with Crippen LogP contribution in [0.25, 0.3) is 0 Å². The van der Waals surface area contributed by atoms with Crippen molar-refractivity contribution in [3.8, 4) is 0 Å². The van der Waals surface area contributed by atoms with Gasteiger partial charge in [-0.3, -0.25) is 0 Å². The summed E-state index contributed by atoms with van der Waals surface area (Å²) in [6.07, 6.45) is 12.1. The summed E-state index contributed by atoms with van der Waals surface area (Å²) >= 11 is 0. The Morgan fingerprint density at radius 1 is 1.14 bits per heavy atom. The summed E-state index contributed by atoms with van der Waals surface area (Å²) in [6.45, 7) is 10.2. The van der Waals surface area contributed by atoms with Crippen LogP contribution in [0.5, 0.6) is 0 Å². The Morgan fingerprint density at radius 3 is 2.14 bits per heavy atom. The van der Waals surface area contributed by atoms with Crippen LogP contribution in [0.4, 0.5) is 0 Å². The topological polar surface area (TPSA) is 0 Å². The van der Waals surface area contributed by atoms with Crippen LogP contribution in [0, 0.1) is 11.8 Å². The van der Waals surface area contributed by atoms with Crippen LogP contribution in [0.1, 0.15) is 65.7 Å². The molecule has 0 radical (unpaired) electrons. The van der Waals surface area contributed by atoms with Gasteiger partial charge in [0.05, 0.1) is 0 Å². The van der Waals surface area contributed by atoms with E-state index in [1.807, 2.05) is 13.8 Å². The lowest BCUT2D eigenvalue weighted by atomic mass is 9.80. The lowest BCUT2D eigenvalue weighted by Crippen LogP contribution is -2.12. The number of hydrogen-bond donors (Lipinski definition) is 0. The largest absolute Gasteiger partial charge is 0.103 e. The fourth-order valence-corrected chi connectivity index (χ4v) is 2.21. The van der Waals surface area contributed by atoms with Crippen LogP contribution < -0.4 is 0 Å². The van der Waals surface area contributed by atoms with Crippen molar-refractivity contribution < 1.29 is 0 Å². The number of rotatable bonds is 4. The molecule has 1 aliphatic carbocycles. The van der Waals surface area contributed by atoms with Crippen molar-refractivity contribution in [2.24, 2.45) is 11.8 Å². The van der Waals surface area contributed by atoms with Gasteiger partial charge in [0, 0.05) is 0 Å². The Kier molecular flexibility index (Phi) is 9.13. The summed E-state index contributed by atoms with van der Waals surface area (Å²) in [5.41, 5.74) is 0. The minimum atomic E-state index is 0.836. The molecule has 0 spiro atoms. The summed E-state index contributed by atoms with van der Waals surface area (Å²) in [6, 6.07) is 0. The molecule has 14 heavy (non-hydrogen) atoms. The predicted octanol–water partition coefficient (Wildman–Crippen LogP) is 5.20. The molecule has 1 aliphatic rings. The van der Waals surface area contributed by atoms with Gasteiger partial charge in [-0.2, -0.15) is 0 Å². The summed E-state index contributed by atoms with van der Waals surface area (Å²) in [5, 5.41) is 0. The fourth-order valence-electron chi connectivity index (χ4n) is 2.21. The van der Waals surface area contributed by atoms with E-state index < -0.39 is 0 Å². The van der Waals surface area contributed by atoms with Gasteiger partial charge in [-0.15, -0.1) is 6.58 Å². The first-order chi connectivity index (χ1) is 6.86. The van der Waals surface area contributed by atoms with Crippen LogP contribution in [0.2, 0.25) is 0 Å². The van der Waals surface area contributed by atoms with E-state index in [1.54, 1.807) is 0 Å². The second-order valence-corrected chi connectivity index (χ2v) is 4.16. The molecule has 0 saturated heterocycles. The Hall–Kier alpha value is -0.260. The van der Waals surface area contributed by atoms with Gasteiger partial charge in [-0.25, -0.2) is 0 Å². The zero-order chi connectivity index (χ0) is 10.8. The highest BCUT2D eigenvalue weighted by Gasteiger charge is 2.17. The quantitative estimate of drug-likeness (QED) is 0.542. The molecule has 1 rings (SSSR count). The molecule has 0 unspecified atom stereocenters. The predicted molar refractivity (Wildman–Crippen MR) is 66.5 cm³/mol. The van der Waals surface area contributed by atoms with E-state index in [0.29, 0.717) is 0 Å². The lowest BCUT2D eigenvalue weighted by Gasteiger charge is -2.26. The van der Waals surface area contributed by atoms with Gasteiger partial charge in [0.25, 0.3) is 0 Å². The summed E-state index contributed by atoms with van der Waals surface area (Å²) < 4.78 is 0. The molecule has 0 heteroatoms. The molecule has 0 atom stereocenters. The zero-order valence-electron chi connectivity index (χ0n) is 10.4. The minimum absolute atomic E-state index is 0.836. The molecule has 0 aromatic rings. The van der Waals surface area contributed by atoms with Crippen LogP contribution >= 0.6 is 0 Å².